The van der Waals surface area contributed by atoms with Crippen LogP contribution in [0.4, 0.5) is 26.2 Å². The van der Waals surface area contributed by atoms with Crippen molar-refractivity contribution in [3.05, 3.63) is 77.5 Å². The van der Waals surface area contributed by atoms with Crippen LogP contribution in [0.1, 0.15) is 23.7 Å². The molecule has 0 fully saturated rings. The molecule has 3 aromatic rings. The maximum absolute atomic E-state index is 13.2. The molecule has 31 heavy (non-hydrogen) atoms. The topological polar surface area (TPSA) is 99.2 Å². The molecule has 2 aromatic carbocycles. The zero-order chi connectivity index (χ0) is 22.4. The number of aliphatic carboxylic acids is 1. The molecule has 0 aliphatic rings. The second-order valence-electron chi connectivity index (χ2n) is 6.65. The number of rotatable bonds is 7. The number of hydrogen-bond acceptors (Lipinski definition) is 5. The van der Waals surface area contributed by atoms with Gasteiger partial charge in [0.05, 0.1) is 12.5 Å². The highest BCUT2D eigenvalue weighted by atomic mass is 32.1. The lowest BCUT2D eigenvalue weighted by Crippen LogP contribution is -2.34. The molecule has 1 aromatic heterocycles. The molecule has 0 aliphatic carbocycles. The Morgan fingerprint density at radius 2 is 1.68 bits per heavy atom. The van der Waals surface area contributed by atoms with Gasteiger partial charge in [-0.15, -0.1) is 0 Å². The van der Waals surface area contributed by atoms with Crippen molar-refractivity contribution in [1.82, 2.24) is 15.3 Å². The molecule has 0 bridgehead atoms. The van der Waals surface area contributed by atoms with Crippen molar-refractivity contribution in [2.45, 2.75) is 19.4 Å². The smallest absolute Gasteiger partial charge is 0.305 e. The van der Waals surface area contributed by atoms with E-state index in [1.54, 1.807) is 25.1 Å². The van der Waals surface area contributed by atoms with Gasteiger partial charge >= 0.3 is 5.97 Å². The molecule has 0 amide bonds. The molecule has 3 rings (SSSR count). The number of halogens is 2. The van der Waals surface area contributed by atoms with E-state index in [1.807, 2.05) is 0 Å². The Hall–Kier alpha value is -3.66. The standard InChI is InChI=1S/C21H19F2N5O2S/c1-12-10-18(25-16-8-6-15(23)7-9-16)27-20(24-12)28-21(31)26-17(11-19(29)30)13-2-4-14(22)5-3-13/h2-10,17H,11H2,1H3,(H,29,30)(H3,24,25,26,27,28,31)/t17-/m1/s1. The Balaban J connectivity index is 1.72. The Morgan fingerprint density at radius 3 is 2.29 bits per heavy atom. The molecule has 4 N–H and O–H groups in total. The van der Waals surface area contributed by atoms with Crippen LogP contribution in [0.25, 0.3) is 0 Å². The summed E-state index contributed by atoms with van der Waals surface area (Å²) in [7, 11) is 0. The van der Waals surface area contributed by atoms with Gasteiger partial charge in [0.1, 0.15) is 17.5 Å². The quantitative estimate of drug-likeness (QED) is 0.401. The molecular formula is C21H19F2N5O2S. The Bertz CT molecular complexity index is 1080. The number of carbonyl (C=O) groups is 1. The van der Waals surface area contributed by atoms with Gasteiger partial charge in [-0.2, -0.15) is 4.98 Å². The average Bonchev–Trinajstić information content (AvgIpc) is 2.69. The van der Waals surface area contributed by atoms with Crippen molar-refractivity contribution in [3.63, 3.8) is 0 Å². The number of hydrogen-bond donors (Lipinski definition) is 4. The van der Waals surface area contributed by atoms with Gasteiger partial charge in [-0.1, -0.05) is 12.1 Å². The predicted octanol–water partition coefficient (Wildman–Crippen LogP) is 4.31. The molecule has 10 heteroatoms. The molecule has 7 nitrogen and oxygen atoms in total. The predicted molar refractivity (Wildman–Crippen MR) is 117 cm³/mol. The first-order valence-corrected chi connectivity index (χ1v) is 9.62. The number of anilines is 3. The van der Waals surface area contributed by atoms with Gasteiger partial charge in [0.25, 0.3) is 0 Å². The summed E-state index contributed by atoms with van der Waals surface area (Å²) in [6, 6.07) is 12.3. The number of aryl methyl sites for hydroxylation is 1. The molecule has 0 spiro atoms. The summed E-state index contributed by atoms with van der Waals surface area (Å²) in [5.74, 6) is -1.16. The Kier molecular flexibility index (Phi) is 7.03. The van der Waals surface area contributed by atoms with E-state index in [0.29, 0.717) is 22.8 Å². The number of aromatic nitrogens is 2. The molecule has 0 aliphatic heterocycles. The number of nitrogens with one attached hydrogen (secondary N) is 3. The van der Waals surface area contributed by atoms with E-state index in [2.05, 4.69) is 25.9 Å². The van der Waals surface area contributed by atoms with Gasteiger partial charge in [0.2, 0.25) is 5.95 Å². The van der Waals surface area contributed by atoms with Crippen molar-refractivity contribution in [1.29, 1.82) is 0 Å². The number of nitrogens with zero attached hydrogens (tertiary/aromatic N) is 2. The summed E-state index contributed by atoms with van der Waals surface area (Å²) < 4.78 is 26.3. The lowest BCUT2D eigenvalue weighted by atomic mass is 10.0. The van der Waals surface area contributed by atoms with E-state index in [1.165, 1.54) is 36.4 Å². The van der Waals surface area contributed by atoms with E-state index in [0.717, 1.165) is 0 Å². The van der Waals surface area contributed by atoms with Crippen LogP contribution in [0.3, 0.4) is 0 Å². The Labute approximate surface area is 182 Å². The minimum atomic E-state index is -1.04. The van der Waals surface area contributed by atoms with E-state index in [-0.39, 0.29) is 23.3 Å². The second kappa shape index (κ2) is 9.90. The summed E-state index contributed by atoms with van der Waals surface area (Å²) in [6.07, 6.45) is -0.264. The van der Waals surface area contributed by atoms with Gasteiger partial charge in [-0.05, 0) is 61.1 Å². The zero-order valence-corrected chi connectivity index (χ0v) is 17.2. The maximum atomic E-state index is 13.2. The third-order valence-electron chi connectivity index (χ3n) is 4.15. The van der Waals surface area contributed by atoms with Gasteiger partial charge in [0, 0.05) is 17.4 Å². The van der Waals surface area contributed by atoms with Crippen molar-refractivity contribution < 1.29 is 18.7 Å². The number of carboxylic acids is 1. The Morgan fingerprint density at radius 1 is 1.06 bits per heavy atom. The summed E-state index contributed by atoms with van der Waals surface area (Å²) >= 11 is 5.29. The number of carboxylic acid groups (broad SMARTS) is 1. The molecule has 1 atom stereocenters. The van der Waals surface area contributed by atoms with Crippen molar-refractivity contribution in [2.75, 3.05) is 10.6 Å². The third-order valence-corrected chi connectivity index (χ3v) is 4.37. The van der Waals surface area contributed by atoms with Gasteiger partial charge in [-0.25, -0.2) is 13.8 Å². The minimum Gasteiger partial charge on any atom is -0.481 e. The first-order chi connectivity index (χ1) is 14.8. The monoisotopic (exact) mass is 443 g/mol. The largest absolute Gasteiger partial charge is 0.481 e. The molecule has 0 saturated carbocycles. The van der Waals surface area contributed by atoms with Crippen molar-refractivity contribution in [2.24, 2.45) is 0 Å². The van der Waals surface area contributed by atoms with Gasteiger partial charge < -0.3 is 21.1 Å². The molecule has 160 valence electrons. The fourth-order valence-corrected chi connectivity index (χ4v) is 3.02. The molecule has 0 unspecified atom stereocenters. The normalized spacial score (nSPS) is 11.5. The molecule has 0 saturated heterocycles. The van der Waals surface area contributed by atoms with Crippen LogP contribution in [-0.2, 0) is 4.79 Å². The van der Waals surface area contributed by atoms with Crippen LogP contribution >= 0.6 is 12.2 Å². The molecule has 1 heterocycles. The van der Waals surface area contributed by atoms with E-state index in [9.17, 15) is 18.7 Å². The van der Waals surface area contributed by atoms with E-state index < -0.39 is 17.8 Å². The lowest BCUT2D eigenvalue weighted by molar-refractivity contribution is -0.137. The second-order valence-corrected chi connectivity index (χ2v) is 7.06. The van der Waals surface area contributed by atoms with Crippen LogP contribution in [0.15, 0.2) is 54.6 Å². The van der Waals surface area contributed by atoms with E-state index in [4.69, 9.17) is 12.2 Å². The summed E-state index contributed by atoms with van der Waals surface area (Å²) in [5, 5.41) is 18.1. The fourth-order valence-electron chi connectivity index (χ4n) is 2.79. The first kappa shape index (κ1) is 22.0. The molecular weight excluding hydrogens is 424 g/mol. The zero-order valence-electron chi connectivity index (χ0n) is 16.4. The van der Waals surface area contributed by atoms with Crippen LogP contribution in [0.5, 0.6) is 0 Å². The van der Waals surface area contributed by atoms with Crippen LogP contribution < -0.4 is 16.0 Å². The highest BCUT2D eigenvalue weighted by Gasteiger charge is 2.17. The van der Waals surface area contributed by atoms with E-state index >= 15 is 0 Å². The SMILES string of the molecule is Cc1cc(Nc2ccc(F)cc2)nc(NC(=S)N[C@H](CC(=O)O)c2ccc(F)cc2)n1. The van der Waals surface area contributed by atoms with Gasteiger partial charge in [-0.3, -0.25) is 4.79 Å². The minimum absolute atomic E-state index is 0.105. The highest BCUT2D eigenvalue weighted by molar-refractivity contribution is 7.80. The van der Waals surface area contributed by atoms with Crippen LogP contribution in [0, 0.1) is 18.6 Å². The maximum Gasteiger partial charge on any atom is 0.305 e. The summed E-state index contributed by atoms with van der Waals surface area (Å²) in [6.45, 7) is 1.77. The van der Waals surface area contributed by atoms with Crippen molar-refractivity contribution in [3.8, 4) is 0 Å². The first-order valence-electron chi connectivity index (χ1n) is 9.21. The highest BCUT2D eigenvalue weighted by Crippen LogP contribution is 2.19. The van der Waals surface area contributed by atoms with Crippen LogP contribution in [-0.4, -0.2) is 26.2 Å². The van der Waals surface area contributed by atoms with Gasteiger partial charge in [0.15, 0.2) is 5.11 Å². The third kappa shape index (κ3) is 6.68. The molecule has 0 radical (unpaired) electrons. The fraction of sp³-hybridized carbons (Fsp3) is 0.143. The van der Waals surface area contributed by atoms with Crippen LogP contribution in [0.2, 0.25) is 0 Å². The van der Waals surface area contributed by atoms with Crippen molar-refractivity contribution >= 4 is 40.8 Å². The lowest BCUT2D eigenvalue weighted by Gasteiger charge is -2.19. The number of thiocarbonyl (C=S) groups is 1. The summed E-state index contributed by atoms with van der Waals surface area (Å²) in [5.41, 5.74) is 1.85. The summed E-state index contributed by atoms with van der Waals surface area (Å²) in [4.78, 5) is 19.8. The average molecular weight is 443 g/mol. The number of benzene rings is 2.